The fraction of sp³-hybridized carbons (Fsp3) is 0.167. The summed E-state index contributed by atoms with van der Waals surface area (Å²) >= 11 is 12.2. The largest absolute Gasteiger partial charge is 0.456 e. The maximum absolute atomic E-state index is 13.0. The maximum atomic E-state index is 13.0. The fourth-order valence-electron chi connectivity index (χ4n) is 7.11. The van der Waals surface area contributed by atoms with E-state index >= 15 is 0 Å². The first-order valence-corrected chi connectivity index (χ1v) is 20.4. The van der Waals surface area contributed by atoms with Gasteiger partial charge in [-0.05, 0) is 94.4 Å². The number of para-hydroxylation sites is 2. The van der Waals surface area contributed by atoms with Crippen molar-refractivity contribution in [2.45, 2.75) is 32.6 Å². The highest BCUT2D eigenvalue weighted by Crippen LogP contribution is 2.32. The quantitative estimate of drug-likeness (QED) is 0.0602. The van der Waals surface area contributed by atoms with Crippen LogP contribution in [0.15, 0.2) is 84.9 Å². The lowest BCUT2D eigenvalue weighted by atomic mass is 10.1. The van der Waals surface area contributed by atoms with Gasteiger partial charge in [-0.1, -0.05) is 60.3 Å². The summed E-state index contributed by atoms with van der Waals surface area (Å²) in [5, 5.41) is 41.2. The highest BCUT2D eigenvalue weighted by Gasteiger charge is 2.24. The molecule has 1 aliphatic carbocycles. The van der Waals surface area contributed by atoms with Crippen LogP contribution in [0.25, 0.3) is 44.6 Å². The number of rotatable bonds is 11. The number of ether oxygens (including phenoxy) is 1. The van der Waals surface area contributed by atoms with Crippen molar-refractivity contribution in [1.82, 2.24) is 51.2 Å². The highest BCUT2D eigenvalue weighted by atomic mass is 35.5. The van der Waals surface area contributed by atoms with Crippen LogP contribution in [-0.2, 0) is 19.1 Å². The summed E-state index contributed by atoms with van der Waals surface area (Å²) < 4.78 is 4.70. The summed E-state index contributed by atoms with van der Waals surface area (Å²) in [4.78, 5) is 67.6. The Morgan fingerprint density at radius 3 is 1.61 bits per heavy atom. The van der Waals surface area contributed by atoms with Gasteiger partial charge in [0.05, 0.1) is 33.8 Å². The lowest BCUT2D eigenvalue weighted by Gasteiger charge is -2.11. The number of nitrogens with one attached hydrogen (secondary N) is 8. The molecule has 1 fully saturated rings. The smallest absolute Gasteiger partial charge is 0.303 e. The number of hydrogen-bond acceptors (Lipinski definition) is 12. The molecule has 4 amide bonds. The molecule has 8 N–H and O–H groups in total. The summed E-state index contributed by atoms with van der Waals surface area (Å²) in [6.07, 6.45) is 4.02. The zero-order chi connectivity index (χ0) is 44.7. The molecule has 22 heteroatoms. The van der Waals surface area contributed by atoms with Gasteiger partial charge in [0, 0.05) is 44.8 Å². The zero-order valence-corrected chi connectivity index (χ0v) is 35.1. The Kier molecular flexibility index (Phi) is 12.7. The van der Waals surface area contributed by atoms with Crippen LogP contribution >= 0.6 is 23.2 Å². The van der Waals surface area contributed by atoms with Crippen molar-refractivity contribution in [2.24, 2.45) is 5.92 Å². The number of aromatic amines is 4. The summed E-state index contributed by atoms with van der Waals surface area (Å²) in [5.41, 5.74) is 5.03. The molecule has 0 aliphatic heterocycles. The monoisotopic (exact) mass is 902 g/mol. The van der Waals surface area contributed by atoms with Gasteiger partial charge in [-0.3, -0.25) is 24.0 Å². The number of esters is 1. The molecule has 4 aromatic heterocycles. The molecule has 0 atom stereocenters. The van der Waals surface area contributed by atoms with Gasteiger partial charge in [0.25, 0.3) is 17.7 Å². The van der Waals surface area contributed by atoms with Gasteiger partial charge in [0.2, 0.25) is 5.91 Å². The van der Waals surface area contributed by atoms with Gasteiger partial charge in [0.1, 0.15) is 11.4 Å². The van der Waals surface area contributed by atoms with Crippen molar-refractivity contribution in [1.29, 1.82) is 0 Å². The van der Waals surface area contributed by atoms with Gasteiger partial charge in [-0.25, -0.2) is 10.2 Å². The number of carbonyl (C=O) groups is 5. The van der Waals surface area contributed by atoms with E-state index < -0.39 is 24.4 Å². The average molecular weight is 904 g/mol. The molecule has 1 aliphatic rings. The minimum atomic E-state index is -0.556. The Hall–Kier alpha value is -7.97. The molecular weight excluding hydrogens is 867 g/mol. The van der Waals surface area contributed by atoms with E-state index in [4.69, 9.17) is 27.9 Å². The fourth-order valence-corrected chi connectivity index (χ4v) is 7.45. The number of aromatic nitrogens is 10. The molecule has 0 bridgehead atoms. The molecule has 0 radical (unpaired) electrons. The Balaban J connectivity index is 0.000000175. The molecule has 9 rings (SSSR count). The van der Waals surface area contributed by atoms with E-state index in [9.17, 15) is 24.0 Å². The first-order chi connectivity index (χ1) is 31.0. The normalized spacial score (nSPS) is 12.4. The van der Waals surface area contributed by atoms with E-state index in [2.05, 4.69) is 72.5 Å². The minimum absolute atomic E-state index is 0.0297. The predicted octanol–water partition coefficient (Wildman–Crippen LogP) is 7.14. The molecule has 64 heavy (non-hydrogen) atoms. The lowest BCUT2D eigenvalue weighted by molar-refractivity contribution is -0.144. The van der Waals surface area contributed by atoms with Gasteiger partial charge in [-0.2, -0.15) is 0 Å². The molecule has 20 nitrogen and oxygen atoms in total. The summed E-state index contributed by atoms with van der Waals surface area (Å²) in [6, 6.07) is 24.1. The Morgan fingerprint density at radius 1 is 0.641 bits per heavy atom. The molecule has 324 valence electrons. The van der Waals surface area contributed by atoms with E-state index in [1.807, 2.05) is 18.2 Å². The summed E-state index contributed by atoms with van der Waals surface area (Å²) in [5.74, 6) is -1.01. The van der Waals surface area contributed by atoms with Crippen LogP contribution in [0, 0.1) is 5.92 Å². The highest BCUT2D eigenvalue weighted by molar-refractivity contribution is 6.31. The number of amides is 4. The predicted molar refractivity (Wildman–Crippen MR) is 238 cm³/mol. The standard InChI is InChI=1S/C22H20ClN7O2.C20H16ClN7O4/c23-14-8-9-16(15(11-14)20-27-29-30-28-20)25-22(32)18-10-13-6-3-7-17(19(13)24-18)26-21(31)12-4-1-2-5-12;1-10(29)32-9-17(30)22-15-4-2-3-11-7-16(23-18(11)15)20(31)24-14-6-5-12(21)8-13(14)19-25-27-28-26-19/h3,6-12,24H,1-2,4-5H2,(H,25,32)(H,26,31)(H,27,28,29,30);2-8,23H,9H2,1H3,(H,22,30)(H,24,31)(H,25,26,27,28). The SMILES string of the molecule is CC(=O)OCC(=O)Nc1cccc2cc(C(=O)Nc3ccc(Cl)cc3-c3nnn[nH]3)[nH]c12.O=C(Nc1ccc(Cl)cc1-c1nnn[nH]1)c1cc2cccc(NC(=O)C3CCCC3)c2[nH]1. The molecule has 0 unspecified atom stereocenters. The average Bonchev–Trinajstić information content (AvgIpc) is 4.14. The third-order valence-electron chi connectivity index (χ3n) is 10.1. The van der Waals surface area contributed by atoms with E-state index in [1.54, 1.807) is 66.7 Å². The van der Waals surface area contributed by atoms with E-state index in [1.165, 1.54) is 6.92 Å². The van der Waals surface area contributed by atoms with Crippen molar-refractivity contribution < 1.29 is 28.7 Å². The second-order valence-corrected chi connectivity index (χ2v) is 15.4. The number of tetrazole rings is 2. The number of carbonyl (C=O) groups excluding carboxylic acids is 5. The van der Waals surface area contributed by atoms with E-state index in [0.29, 0.717) is 77.7 Å². The third-order valence-corrected chi connectivity index (χ3v) is 10.6. The number of benzene rings is 4. The first-order valence-electron chi connectivity index (χ1n) is 19.7. The summed E-state index contributed by atoms with van der Waals surface area (Å²) in [7, 11) is 0. The number of H-pyrrole nitrogens is 4. The first kappa shape index (κ1) is 42.7. The Bertz CT molecular complexity index is 3020. The van der Waals surface area contributed by atoms with Crippen LogP contribution in [0.1, 0.15) is 53.6 Å². The van der Waals surface area contributed by atoms with Crippen LogP contribution in [0.2, 0.25) is 10.0 Å². The molecule has 4 aromatic carbocycles. The van der Waals surface area contributed by atoms with Crippen LogP contribution < -0.4 is 21.3 Å². The number of nitrogens with zero attached hydrogens (tertiary/aromatic N) is 6. The number of hydrogen-bond donors (Lipinski definition) is 8. The second-order valence-electron chi connectivity index (χ2n) is 14.5. The Labute approximate surface area is 371 Å². The van der Waals surface area contributed by atoms with Gasteiger partial charge >= 0.3 is 5.97 Å². The zero-order valence-electron chi connectivity index (χ0n) is 33.6. The van der Waals surface area contributed by atoms with Crippen LogP contribution in [-0.4, -0.2) is 87.4 Å². The van der Waals surface area contributed by atoms with Crippen molar-refractivity contribution in [3.8, 4) is 22.8 Å². The molecule has 0 spiro atoms. The molecule has 8 aromatic rings. The van der Waals surface area contributed by atoms with Crippen molar-refractivity contribution in [2.75, 3.05) is 27.9 Å². The summed E-state index contributed by atoms with van der Waals surface area (Å²) in [6.45, 7) is 0.810. The lowest BCUT2D eigenvalue weighted by Crippen LogP contribution is -2.20. The molecule has 0 saturated heterocycles. The van der Waals surface area contributed by atoms with Crippen molar-refractivity contribution >= 4 is 97.4 Å². The van der Waals surface area contributed by atoms with Crippen molar-refractivity contribution in [3.63, 3.8) is 0 Å². The van der Waals surface area contributed by atoms with Crippen LogP contribution in [0.5, 0.6) is 0 Å². The molecule has 1 saturated carbocycles. The van der Waals surface area contributed by atoms with Crippen molar-refractivity contribution in [3.05, 3.63) is 106 Å². The topological polar surface area (TPSA) is 283 Å². The van der Waals surface area contributed by atoms with Gasteiger partial charge < -0.3 is 36.0 Å². The number of anilines is 4. The molecule has 4 heterocycles. The van der Waals surface area contributed by atoms with Gasteiger partial charge in [0.15, 0.2) is 18.3 Å². The molecular formula is C42H36Cl2N14O6. The maximum Gasteiger partial charge on any atom is 0.303 e. The van der Waals surface area contributed by atoms with E-state index in [0.717, 1.165) is 31.1 Å². The Morgan fingerprint density at radius 2 is 1.14 bits per heavy atom. The van der Waals surface area contributed by atoms with Crippen LogP contribution in [0.4, 0.5) is 22.7 Å². The third kappa shape index (κ3) is 9.88. The van der Waals surface area contributed by atoms with Crippen LogP contribution in [0.3, 0.4) is 0 Å². The minimum Gasteiger partial charge on any atom is -0.456 e. The van der Waals surface area contributed by atoms with Gasteiger partial charge in [-0.15, -0.1) is 10.2 Å². The number of fused-ring (bicyclic) bond motifs is 2. The number of halogens is 2. The second kappa shape index (κ2) is 19.0. The van der Waals surface area contributed by atoms with E-state index in [-0.39, 0.29) is 23.4 Å².